The van der Waals surface area contributed by atoms with Crippen LogP contribution in [0, 0.1) is 0 Å². The fourth-order valence-corrected chi connectivity index (χ4v) is 2.23. The number of rotatable bonds is 6. The van der Waals surface area contributed by atoms with Gasteiger partial charge in [-0.2, -0.15) is 4.98 Å². The Hall–Kier alpha value is -2.86. The minimum absolute atomic E-state index is 0.127. The number of halogens is 1. The largest absolute Gasteiger partial charge is 0.481 e. The Kier molecular flexibility index (Phi) is 5.30. The second kappa shape index (κ2) is 7.81. The van der Waals surface area contributed by atoms with Gasteiger partial charge in [0, 0.05) is 10.6 Å². The first kappa shape index (κ1) is 17.0. The van der Waals surface area contributed by atoms with Crippen LogP contribution in [0.3, 0.4) is 0 Å². The van der Waals surface area contributed by atoms with Crippen molar-refractivity contribution in [3.8, 4) is 17.1 Å². The topological polar surface area (TPSA) is 77.2 Å². The monoisotopic (exact) mass is 357 g/mol. The highest BCUT2D eigenvalue weighted by molar-refractivity contribution is 6.30. The summed E-state index contributed by atoms with van der Waals surface area (Å²) in [5.41, 5.74) is 0.784. The first-order chi connectivity index (χ1) is 12.1. The van der Waals surface area contributed by atoms with Crippen molar-refractivity contribution in [3.05, 3.63) is 65.5 Å². The van der Waals surface area contributed by atoms with E-state index < -0.39 is 6.10 Å². The average Bonchev–Trinajstić information content (AvgIpc) is 3.10. The van der Waals surface area contributed by atoms with E-state index in [1.54, 1.807) is 43.3 Å². The van der Waals surface area contributed by atoms with Gasteiger partial charge in [0.05, 0.1) is 6.54 Å². The Labute approximate surface area is 149 Å². The van der Waals surface area contributed by atoms with Crippen molar-refractivity contribution in [2.45, 2.75) is 19.6 Å². The lowest BCUT2D eigenvalue weighted by molar-refractivity contribution is -0.127. The molecule has 1 heterocycles. The summed E-state index contributed by atoms with van der Waals surface area (Å²) in [5, 5.41) is 7.24. The number of hydrogen-bond donors (Lipinski definition) is 1. The van der Waals surface area contributed by atoms with E-state index >= 15 is 0 Å². The van der Waals surface area contributed by atoms with Crippen LogP contribution in [0.1, 0.15) is 12.8 Å². The molecule has 1 aromatic heterocycles. The molecule has 1 atom stereocenters. The first-order valence-electron chi connectivity index (χ1n) is 7.70. The highest BCUT2D eigenvalue weighted by Gasteiger charge is 2.16. The molecule has 3 aromatic rings. The number of nitrogens with zero attached hydrogens (tertiary/aromatic N) is 2. The number of aromatic nitrogens is 2. The highest BCUT2D eigenvalue weighted by atomic mass is 35.5. The van der Waals surface area contributed by atoms with Gasteiger partial charge in [-0.3, -0.25) is 4.79 Å². The second-order valence-corrected chi connectivity index (χ2v) is 5.75. The Morgan fingerprint density at radius 3 is 2.64 bits per heavy atom. The molecule has 0 aliphatic rings. The van der Waals surface area contributed by atoms with Gasteiger partial charge in [-0.25, -0.2) is 0 Å². The molecule has 2 aromatic carbocycles. The lowest BCUT2D eigenvalue weighted by Gasteiger charge is -2.13. The molecule has 25 heavy (non-hydrogen) atoms. The molecule has 6 nitrogen and oxygen atoms in total. The van der Waals surface area contributed by atoms with Crippen LogP contribution in [0.25, 0.3) is 11.4 Å². The smallest absolute Gasteiger partial charge is 0.261 e. The maximum Gasteiger partial charge on any atom is 0.261 e. The summed E-state index contributed by atoms with van der Waals surface area (Å²) in [6.45, 7) is 1.80. The van der Waals surface area contributed by atoms with E-state index in [9.17, 15) is 4.79 Å². The molecule has 0 bridgehead atoms. The summed E-state index contributed by atoms with van der Waals surface area (Å²) < 4.78 is 10.7. The molecule has 3 rings (SSSR count). The Morgan fingerprint density at radius 2 is 1.92 bits per heavy atom. The molecule has 0 saturated carbocycles. The minimum atomic E-state index is -0.638. The van der Waals surface area contributed by atoms with E-state index in [-0.39, 0.29) is 12.5 Å². The molecule has 128 valence electrons. The van der Waals surface area contributed by atoms with E-state index in [0.717, 1.165) is 5.56 Å². The van der Waals surface area contributed by atoms with Crippen LogP contribution in [0.2, 0.25) is 5.02 Å². The standard InChI is InChI=1S/C18H16ClN3O3/c1-12(24-15-5-3-2-4-6-15)18(23)20-11-16-21-17(22-25-16)13-7-9-14(19)10-8-13/h2-10,12H,11H2,1H3,(H,20,23)/t12-/m1/s1. The minimum Gasteiger partial charge on any atom is -0.481 e. The average molecular weight is 358 g/mol. The van der Waals surface area contributed by atoms with Crippen molar-refractivity contribution < 1.29 is 14.1 Å². The maximum absolute atomic E-state index is 12.1. The number of ether oxygens (including phenoxy) is 1. The van der Waals surface area contributed by atoms with Crippen molar-refractivity contribution >= 4 is 17.5 Å². The summed E-state index contributed by atoms with van der Waals surface area (Å²) in [5.74, 6) is 1.11. The Balaban J connectivity index is 1.54. The molecule has 0 aliphatic carbocycles. The van der Waals surface area contributed by atoms with Gasteiger partial charge in [-0.1, -0.05) is 35.0 Å². The Morgan fingerprint density at radius 1 is 1.20 bits per heavy atom. The van der Waals surface area contributed by atoms with Crippen LogP contribution in [-0.2, 0) is 11.3 Å². The summed E-state index contributed by atoms with van der Waals surface area (Å²) in [6.07, 6.45) is -0.638. The third-order valence-corrected chi connectivity index (χ3v) is 3.66. The van der Waals surface area contributed by atoms with E-state index in [1.165, 1.54) is 0 Å². The van der Waals surface area contributed by atoms with Crippen LogP contribution in [0.5, 0.6) is 5.75 Å². The number of para-hydroxylation sites is 1. The molecule has 0 aliphatic heterocycles. The third kappa shape index (κ3) is 4.58. The van der Waals surface area contributed by atoms with E-state index in [1.807, 2.05) is 18.2 Å². The van der Waals surface area contributed by atoms with Crippen LogP contribution < -0.4 is 10.1 Å². The maximum atomic E-state index is 12.1. The lowest BCUT2D eigenvalue weighted by atomic mass is 10.2. The van der Waals surface area contributed by atoms with Gasteiger partial charge in [0.25, 0.3) is 5.91 Å². The molecule has 0 unspecified atom stereocenters. The summed E-state index contributed by atoms with van der Waals surface area (Å²) >= 11 is 5.85. The molecule has 7 heteroatoms. The van der Waals surface area contributed by atoms with Crippen molar-refractivity contribution in [3.63, 3.8) is 0 Å². The molecule has 0 fully saturated rings. The van der Waals surface area contributed by atoms with Crippen molar-refractivity contribution in [2.75, 3.05) is 0 Å². The molecule has 0 saturated heterocycles. The van der Waals surface area contributed by atoms with Crippen molar-refractivity contribution in [2.24, 2.45) is 0 Å². The number of carbonyl (C=O) groups is 1. The van der Waals surface area contributed by atoms with E-state index in [0.29, 0.717) is 22.5 Å². The van der Waals surface area contributed by atoms with Gasteiger partial charge >= 0.3 is 0 Å². The molecule has 0 radical (unpaired) electrons. The number of carbonyl (C=O) groups excluding carboxylic acids is 1. The molecular weight excluding hydrogens is 342 g/mol. The number of benzene rings is 2. The second-order valence-electron chi connectivity index (χ2n) is 5.31. The number of amides is 1. The fourth-order valence-electron chi connectivity index (χ4n) is 2.11. The molecule has 1 amide bonds. The third-order valence-electron chi connectivity index (χ3n) is 3.41. The van der Waals surface area contributed by atoms with Crippen LogP contribution >= 0.6 is 11.6 Å². The van der Waals surface area contributed by atoms with Crippen LogP contribution in [-0.4, -0.2) is 22.2 Å². The predicted molar refractivity (Wildman–Crippen MR) is 93.1 cm³/mol. The predicted octanol–water partition coefficient (Wildman–Crippen LogP) is 3.47. The van der Waals surface area contributed by atoms with Gasteiger partial charge < -0.3 is 14.6 Å². The summed E-state index contributed by atoms with van der Waals surface area (Å²) in [6, 6.07) is 16.2. The van der Waals surface area contributed by atoms with Gasteiger partial charge in [0.2, 0.25) is 11.7 Å². The highest BCUT2D eigenvalue weighted by Crippen LogP contribution is 2.18. The van der Waals surface area contributed by atoms with Gasteiger partial charge in [-0.15, -0.1) is 0 Å². The fraction of sp³-hybridized carbons (Fsp3) is 0.167. The molecule has 0 spiro atoms. The SMILES string of the molecule is C[C@@H](Oc1ccccc1)C(=O)NCc1nc(-c2ccc(Cl)cc2)no1. The van der Waals surface area contributed by atoms with E-state index in [2.05, 4.69) is 15.5 Å². The summed E-state index contributed by atoms with van der Waals surface area (Å²) in [7, 11) is 0. The van der Waals surface area contributed by atoms with Crippen molar-refractivity contribution in [1.82, 2.24) is 15.5 Å². The molecular formula is C18H16ClN3O3. The summed E-state index contributed by atoms with van der Waals surface area (Å²) in [4.78, 5) is 16.3. The number of nitrogens with one attached hydrogen (secondary N) is 1. The molecule has 1 N–H and O–H groups in total. The van der Waals surface area contributed by atoms with Gasteiger partial charge in [0.1, 0.15) is 5.75 Å². The quantitative estimate of drug-likeness (QED) is 0.730. The zero-order valence-electron chi connectivity index (χ0n) is 13.5. The van der Waals surface area contributed by atoms with Crippen molar-refractivity contribution in [1.29, 1.82) is 0 Å². The van der Waals surface area contributed by atoms with Gasteiger partial charge in [-0.05, 0) is 43.3 Å². The Bertz CT molecular complexity index is 834. The van der Waals surface area contributed by atoms with Crippen LogP contribution in [0.4, 0.5) is 0 Å². The normalized spacial score (nSPS) is 11.8. The van der Waals surface area contributed by atoms with Crippen LogP contribution in [0.15, 0.2) is 59.1 Å². The zero-order chi connectivity index (χ0) is 17.6. The number of hydrogen-bond acceptors (Lipinski definition) is 5. The lowest BCUT2D eigenvalue weighted by Crippen LogP contribution is -2.35. The van der Waals surface area contributed by atoms with E-state index in [4.69, 9.17) is 20.9 Å². The first-order valence-corrected chi connectivity index (χ1v) is 8.07. The van der Waals surface area contributed by atoms with Gasteiger partial charge in [0.15, 0.2) is 6.10 Å². The zero-order valence-corrected chi connectivity index (χ0v) is 14.2.